The van der Waals surface area contributed by atoms with E-state index >= 15 is 0 Å². The quantitative estimate of drug-likeness (QED) is 0.488. The minimum Gasteiger partial charge on any atom is -0.310 e. The highest BCUT2D eigenvalue weighted by molar-refractivity contribution is 14.1. The van der Waals surface area contributed by atoms with Crippen molar-refractivity contribution < 1.29 is 3.07 Å². The smallest absolute Gasteiger partial charge is 0.110 e. The molecule has 3 rings (SSSR count). The van der Waals surface area contributed by atoms with Crippen LogP contribution in [0.3, 0.4) is 0 Å². The summed E-state index contributed by atoms with van der Waals surface area (Å²) in [6, 6.07) is 21.5. The van der Waals surface area contributed by atoms with E-state index in [1.807, 2.05) is 21.6 Å². The van der Waals surface area contributed by atoms with Gasteiger partial charge in [-0.05, 0) is 17.5 Å². The van der Waals surface area contributed by atoms with Gasteiger partial charge < -0.3 is 3.07 Å². The Balaban J connectivity index is 2.17. The summed E-state index contributed by atoms with van der Waals surface area (Å²) in [5.41, 5.74) is 2.65. The minimum absolute atomic E-state index is 0.118. The molecular weight excluding hydrogens is 399 g/mol. The zero-order chi connectivity index (χ0) is 13.8. The third kappa shape index (κ3) is 2.63. The molecule has 0 N–H and O–H groups in total. The van der Waals surface area contributed by atoms with E-state index in [-0.39, 0.29) is 10.9 Å². The molecule has 1 aliphatic rings. The van der Waals surface area contributed by atoms with E-state index < -0.39 is 0 Å². The Labute approximate surface area is 142 Å². The molecule has 4 heteroatoms. The summed E-state index contributed by atoms with van der Waals surface area (Å²) in [6.07, 6.45) is 1.27. The van der Waals surface area contributed by atoms with Crippen molar-refractivity contribution in [2.75, 3.05) is 5.75 Å². The van der Waals surface area contributed by atoms with E-state index in [1.165, 1.54) is 11.1 Å². The van der Waals surface area contributed by atoms with Crippen molar-refractivity contribution in [2.24, 2.45) is 0 Å². The Kier molecular flexibility index (Phi) is 4.96. The average Bonchev–Trinajstić information content (AvgIpc) is 2.56. The lowest BCUT2D eigenvalue weighted by molar-refractivity contribution is 0.234. The Morgan fingerprint density at radius 3 is 2.00 bits per heavy atom. The molecule has 0 bridgehead atoms. The van der Waals surface area contributed by atoms with Crippen LogP contribution in [0.4, 0.5) is 0 Å². The second-order valence-corrected chi connectivity index (χ2v) is 7.91. The van der Waals surface area contributed by atoms with Crippen LogP contribution in [0.15, 0.2) is 60.7 Å². The van der Waals surface area contributed by atoms with E-state index in [1.54, 1.807) is 0 Å². The molecule has 20 heavy (non-hydrogen) atoms. The van der Waals surface area contributed by atoms with Gasteiger partial charge in [0.2, 0.25) is 0 Å². The third-order valence-corrected chi connectivity index (χ3v) is 7.39. The third-order valence-electron chi connectivity index (χ3n) is 3.62. The standard InChI is InChI=1S/C16H15IOS2/c17-18-15-11-12-19-20-16(15,13-7-3-1-4-8-13)14-9-5-2-6-10-14/h1-10,15H,11-12H2. The number of halogens is 1. The molecular formula is C16H15IOS2. The fourth-order valence-electron chi connectivity index (χ4n) is 2.66. The Morgan fingerprint density at radius 1 is 0.950 bits per heavy atom. The van der Waals surface area contributed by atoms with Crippen molar-refractivity contribution in [1.82, 2.24) is 0 Å². The molecule has 1 aliphatic heterocycles. The summed E-state index contributed by atoms with van der Waals surface area (Å²) in [5.74, 6) is 1.14. The lowest BCUT2D eigenvalue weighted by atomic mass is 9.84. The number of hydrogen-bond donors (Lipinski definition) is 0. The molecule has 1 atom stereocenters. The number of hydrogen-bond acceptors (Lipinski definition) is 3. The van der Waals surface area contributed by atoms with Crippen LogP contribution < -0.4 is 0 Å². The van der Waals surface area contributed by atoms with Gasteiger partial charge >= 0.3 is 0 Å². The first kappa shape index (κ1) is 14.8. The summed E-state index contributed by atoms with van der Waals surface area (Å²) in [6.45, 7) is 0. The molecule has 1 fully saturated rings. The van der Waals surface area contributed by atoms with Crippen molar-refractivity contribution in [3.63, 3.8) is 0 Å². The number of rotatable bonds is 3. The van der Waals surface area contributed by atoms with Gasteiger partial charge in [-0.25, -0.2) is 0 Å². The van der Waals surface area contributed by atoms with Crippen molar-refractivity contribution in [3.05, 3.63) is 71.8 Å². The van der Waals surface area contributed by atoms with Crippen LogP contribution in [0.2, 0.25) is 0 Å². The van der Waals surface area contributed by atoms with Gasteiger partial charge in [0.05, 0.1) is 6.10 Å². The van der Waals surface area contributed by atoms with E-state index in [2.05, 4.69) is 83.7 Å². The van der Waals surface area contributed by atoms with Gasteiger partial charge in [0, 0.05) is 5.75 Å². The highest BCUT2D eigenvalue weighted by Crippen LogP contribution is 2.56. The van der Waals surface area contributed by atoms with Crippen LogP contribution in [0.5, 0.6) is 0 Å². The molecule has 1 nitrogen and oxygen atoms in total. The van der Waals surface area contributed by atoms with Gasteiger partial charge in [0.1, 0.15) is 27.8 Å². The predicted molar refractivity (Wildman–Crippen MR) is 97.2 cm³/mol. The van der Waals surface area contributed by atoms with E-state index in [0.717, 1.165) is 12.2 Å². The second-order valence-electron chi connectivity index (χ2n) is 4.74. The van der Waals surface area contributed by atoms with Crippen molar-refractivity contribution >= 4 is 44.6 Å². The van der Waals surface area contributed by atoms with Crippen LogP contribution in [0, 0.1) is 0 Å². The predicted octanol–water partition coefficient (Wildman–Crippen LogP) is 5.45. The topological polar surface area (TPSA) is 9.23 Å². The molecule has 1 unspecified atom stereocenters. The minimum atomic E-state index is -0.118. The highest BCUT2D eigenvalue weighted by Gasteiger charge is 2.46. The Hall–Kier alpha value is -0.170. The first-order valence-electron chi connectivity index (χ1n) is 6.57. The summed E-state index contributed by atoms with van der Waals surface area (Å²) < 4.78 is 5.73. The molecule has 1 heterocycles. The van der Waals surface area contributed by atoms with E-state index in [9.17, 15) is 0 Å². The van der Waals surface area contributed by atoms with Gasteiger partial charge in [-0.15, -0.1) is 0 Å². The molecule has 104 valence electrons. The van der Waals surface area contributed by atoms with Gasteiger partial charge in [0.15, 0.2) is 0 Å². The van der Waals surface area contributed by atoms with Crippen molar-refractivity contribution in [1.29, 1.82) is 0 Å². The zero-order valence-corrected chi connectivity index (χ0v) is 14.7. The number of benzene rings is 2. The molecule has 1 saturated heterocycles. The maximum Gasteiger partial charge on any atom is 0.110 e. The average molecular weight is 414 g/mol. The Bertz CT molecular complexity index is 507. The zero-order valence-electron chi connectivity index (χ0n) is 10.9. The molecule has 0 radical (unpaired) electrons. The monoisotopic (exact) mass is 414 g/mol. The van der Waals surface area contributed by atoms with Crippen LogP contribution in [0.25, 0.3) is 0 Å². The summed E-state index contributed by atoms with van der Waals surface area (Å²) in [4.78, 5) is 0. The maximum absolute atomic E-state index is 5.85. The van der Waals surface area contributed by atoms with Gasteiger partial charge in [-0.2, -0.15) is 0 Å². The SMILES string of the molecule is IOC1CCSSC1(c1ccccc1)c1ccccc1. The normalized spacial score (nSPS) is 21.6. The summed E-state index contributed by atoms with van der Waals surface area (Å²) in [5, 5.41) is 0. The van der Waals surface area contributed by atoms with Gasteiger partial charge in [-0.1, -0.05) is 82.3 Å². The van der Waals surface area contributed by atoms with Gasteiger partial charge in [0.25, 0.3) is 0 Å². The van der Waals surface area contributed by atoms with Crippen LogP contribution in [-0.2, 0) is 7.81 Å². The largest absolute Gasteiger partial charge is 0.310 e. The fraction of sp³-hybridized carbons (Fsp3) is 0.250. The molecule has 0 amide bonds. The lowest BCUT2D eigenvalue weighted by Gasteiger charge is -2.42. The molecule has 2 aromatic carbocycles. The van der Waals surface area contributed by atoms with Gasteiger partial charge in [-0.3, -0.25) is 0 Å². The van der Waals surface area contributed by atoms with E-state index in [0.29, 0.717) is 0 Å². The van der Waals surface area contributed by atoms with Crippen LogP contribution in [-0.4, -0.2) is 11.9 Å². The lowest BCUT2D eigenvalue weighted by Crippen LogP contribution is -2.40. The summed E-state index contributed by atoms with van der Waals surface area (Å²) >= 11 is 2.06. The molecule has 2 aromatic rings. The van der Waals surface area contributed by atoms with Crippen molar-refractivity contribution in [3.8, 4) is 0 Å². The van der Waals surface area contributed by atoms with Crippen molar-refractivity contribution in [2.45, 2.75) is 17.3 Å². The molecule has 0 aliphatic carbocycles. The maximum atomic E-state index is 5.85. The highest BCUT2D eigenvalue weighted by atomic mass is 127. The molecule has 0 aromatic heterocycles. The molecule has 0 saturated carbocycles. The summed E-state index contributed by atoms with van der Waals surface area (Å²) in [7, 11) is 3.88. The molecule has 0 spiro atoms. The fourth-order valence-corrected chi connectivity index (χ4v) is 6.78. The van der Waals surface area contributed by atoms with E-state index in [4.69, 9.17) is 3.07 Å². The second kappa shape index (κ2) is 6.73. The Morgan fingerprint density at radius 2 is 1.50 bits per heavy atom. The first-order chi connectivity index (χ1) is 9.88. The van der Waals surface area contributed by atoms with Crippen LogP contribution >= 0.6 is 44.6 Å². The van der Waals surface area contributed by atoms with Crippen LogP contribution in [0.1, 0.15) is 17.5 Å². The first-order valence-corrected chi connectivity index (χ1v) is 9.77.